The van der Waals surface area contributed by atoms with E-state index in [1.165, 1.54) is 25.7 Å². The summed E-state index contributed by atoms with van der Waals surface area (Å²) in [6, 6.07) is 2.92. The van der Waals surface area contributed by atoms with E-state index in [0.29, 0.717) is 12.6 Å². The Morgan fingerprint density at radius 3 is 2.69 bits per heavy atom. The predicted molar refractivity (Wildman–Crippen MR) is 49.2 cm³/mol. The zero-order valence-corrected chi connectivity index (χ0v) is 7.88. The third kappa shape index (κ3) is 1.84. The van der Waals surface area contributed by atoms with Crippen molar-refractivity contribution in [3.8, 4) is 6.07 Å². The first-order chi connectivity index (χ1) is 6.35. The molecule has 1 saturated carbocycles. The number of hydrogen-bond acceptors (Lipinski definition) is 3. The fourth-order valence-corrected chi connectivity index (χ4v) is 2.26. The maximum Gasteiger partial charge on any atom is 0.132 e. The summed E-state index contributed by atoms with van der Waals surface area (Å²) in [6.45, 7) is 1.30. The Balaban J connectivity index is 1.93. The largest absolute Gasteiger partial charge is 0.378 e. The lowest BCUT2D eigenvalue weighted by Crippen LogP contribution is -2.49. The van der Waals surface area contributed by atoms with E-state index >= 15 is 0 Å². The van der Waals surface area contributed by atoms with Crippen molar-refractivity contribution in [3.63, 3.8) is 0 Å². The van der Waals surface area contributed by atoms with Gasteiger partial charge in [-0.3, -0.25) is 5.32 Å². The standard InChI is InChI=1S/C10H16N2O/c11-7-10(5-6-13-8-10)12-9-3-1-2-4-9/h9,12H,1-6,8H2. The first-order valence-corrected chi connectivity index (χ1v) is 5.11. The second-order valence-electron chi connectivity index (χ2n) is 4.12. The van der Waals surface area contributed by atoms with Crippen LogP contribution in [0.5, 0.6) is 0 Å². The van der Waals surface area contributed by atoms with E-state index in [0.717, 1.165) is 13.0 Å². The van der Waals surface area contributed by atoms with Gasteiger partial charge in [-0.1, -0.05) is 12.8 Å². The minimum Gasteiger partial charge on any atom is -0.378 e. The molecule has 0 aromatic rings. The van der Waals surface area contributed by atoms with Crippen LogP contribution < -0.4 is 5.32 Å². The summed E-state index contributed by atoms with van der Waals surface area (Å²) >= 11 is 0. The molecule has 0 spiro atoms. The Morgan fingerprint density at radius 1 is 1.38 bits per heavy atom. The van der Waals surface area contributed by atoms with Crippen molar-refractivity contribution in [2.75, 3.05) is 13.2 Å². The van der Waals surface area contributed by atoms with Crippen LogP contribution in [-0.4, -0.2) is 24.8 Å². The van der Waals surface area contributed by atoms with Crippen LogP contribution in [-0.2, 0) is 4.74 Å². The lowest BCUT2D eigenvalue weighted by atomic mass is 9.99. The summed E-state index contributed by atoms with van der Waals surface area (Å²) in [5.41, 5.74) is -0.366. The Morgan fingerprint density at radius 2 is 2.15 bits per heavy atom. The highest BCUT2D eigenvalue weighted by Crippen LogP contribution is 2.24. The van der Waals surface area contributed by atoms with E-state index in [4.69, 9.17) is 10.00 Å². The van der Waals surface area contributed by atoms with E-state index in [9.17, 15) is 0 Å². The Kier molecular flexibility index (Phi) is 2.52. The van der Waals surface area contributed by atoms with Gasteiger partial charge in [0.15, 0.2) is 0 Å². The molecule has 2 aliphatic rings. The molecule has 0 bridgehead atoms. The van der Waals surface area contributed by atoms with Gasteiger partial charge < -0.3 is 4.74 Å². The van der Waals surface area contributed by atoms with Crippen molar-refractivity contribution < 1.29 is 4.74 Å². The van der Waals surface area contributed by atoms with Crippen molar-refractivity contribution in [1.29, 1.82) is 5.26 Å². The summed E-state index contributed by atoms with van der Waals surface area (Å²) < 4.78 is 5.28. The molecule has 1 heterocycles. The summed E-state index contributed by atoms with van der Waals surface area (Å²) in [7, 11) is 0. The van der Waals surface area contributed by atoms with Gasteiger partial charge in [0.1, 0.15) is 5.54 Å². The number of nitrogens with one attached hydrogen (secondary N) is 1. The van der Waals surface area contributed by atoms with Crippen LogP contribution in [0.2, 0.25) is 0 Å². The van der Waals surface area contributed by atoms with Crippen LogP contribution in [0.4, 0.5) is 0 Å². The van der Waals surface area contributed by atoms with E-state index in [1.54, 1.807) is 0 Å². The van der Waals surface area contributed by atoms with Gasteiger partial charge in [-0.25, -0.2) is 0 Å². The first kappa shape index (κ1) is 8.98. The molecule has 1 unspecified atom stereocenters. The molecule has 0 radical (unpaired) electrons. The molecule has 0 aromatic heterocycles. The lowest BCUT2D eigenvalue weighted by molar-refractivity contribution is 0.176. The summed E-state index contributed by atoms with van der Waals surface area (Å²) in [5.74, 6) is 0. The zero-order valence-electron chi connectivity index (χ0n) is 7.88. The van der Waals surface area contributed by atoms with Crippen molar-refractivity contribution in [1.82, 2.24) is 5.32 Å². The molecule has 1 aliphatic carbocycles. The molecule has 72 valence electrons. The van der Waals surface area contributed by atoms with Crippen molar-refractivity contribution in [3.05, 3.63) is 0 Å². The van der Waals surface area contributed by atoms with Crippen molar-refractivity contribution in [2.24, 2.45) is 0 Å². The average Bonchev–Trinajstić information content (AvgIpc) is 2.77. The average molecular weight is 180 g/mol. The van der Waals surface area contributed by atoms with Crippen LogP contribution in [0.1, 0.15) is 32.1 Å². The fraction of sp³-hybridized carbons (Fsp3) is 0.900. The Labute approximate surface area is 79.1 Å². The van der Waals surface area contributed by atoms with Crippen LogP contribution >= 0.6 is 0 Å². The maximum atomic E-state index is 9.08. The molecule has 2 fully saturated rings. The third-order valence-corrected chi connectivity index (χ3v) is 3.07. The van der Waals surface area contributed by atoms with Crippen LogP contribution in [0, 0.1) is 11.3 Å². The number of hydrogen-bond donors (Lipinski definition) is 1. The first-order valence-electron chi connectivity index (χ1n) is 5.11. The quantitative estimate of drug-likeness (QED) is 0.694. The van der Waals surface area contributed by atoms with E-state index in [2.05, 4.69) is 11.4 Å². The van der Waals surface area contributed by atoms with Crippen LogP contribution in [0.3, 0.4) is 0 Å². The highest BCUT2D eigenvalue weighted by molar-refractivity contribution is 5.10. The minimum atomic E-state index is -0.366. The van der Waals surface area contributed by atoms with Crippen LogP contribution in [0.15, 0.2) is 0 Å². The maximum absolute atomic E-state index is 9.08. The highest BCUT2D eigenvalue weighted by Gasteiger charge is 2.37. The topological polar surface area (TPSA) is 45.0 Å². The smallest absolute Gasteiger partial charge is 0.132 e. The molecular weight excluding hydrogens is 164 g/mol. The number of nitriles is 1. The van der Waals surface area contributed by atoms with Gasteiger partial charge in [-0.2, -0.15) is 5.26 Å². The molecule has 2 rings (SSSR count). The number of nitrogens with zero attached hydrogens (tertiary/aromatic N) is 1. The predicted octanol–water partition coefficient (Wildman–Crippen LogP) is 1.20. The molecule has 1 atom stereocenters. The molecule has 3 heteroatoms. The third-order valence-electron chi connectivity index (χ3n) is 3.07. The number of ether oxygens (including phenoxy) is 1. The molecule has 1 aliphatic heterocycles. The lowest BCUT2D eigenvalue weighted by Gasteiger charge is -2.24. The van der Waals surface area contributed by atoms with Crippen molar-refractivity contribution in [2.45, 2.75) is 43.7 Å². The van der Waals surface area contributed by atoms with E-state index < -0.39 is 0 Å². The van der Waals surface area contributed by atoms with Crippen molar-refractivity contribution >= 4 is 0 Å². The molecule has 3 nitrogen and oxygen atoms in total. The zero-order chi connectivity index (χ0) is 9.15. The van der Waals surface area contributed by atoms with Gasteiger partial charge in [-0.15, -0.1) is 0 Å². The highest BCUT2D eigenvalue weighted by atomic mass is 16.5. The van der Waals surface area contributed by atoms with Gasteiger partial charge in [0, 0.05) is 19.1 Å². The van der Waals surface area contributed by atoms with Crippen LogP contribution in [0.25, 0.3) is 0 Å². The van der Waals surface area contributed by atoms with E-state index in [-0.39, 0.29) is 5.54 Å². The summed E-state index contributed by atoms with van der Waals surface area (Å²) in [6.07, 6.45) is 5.91. The van der Waals surface area contributed by atoms with Gasteiger partial charge in [0.25, 0.3) is 0 Å². The molecule has 0 amide bonds. The SMILES string of the molecule is N#CC1(NC2CCCC2)CCOC1. The normalized spacial score (nSPS) is 35.0. The molecule has 13 heavy (non-hydrogen) atoms. The van der Waals surface area contributed by atoms with Gasteiger partial charge in [-0.05, 0) is 12.8 Å². The van der Waals surface area contributed by atoms with Gasteiger partial charge in [0.05, 0.1) is 12.7 Å². The van der Waals surface area contributed by atoms with E-state index in [1.807, 2.05) is 0 Å². The monoisotopic (exact) mass is 180 g/mol. The Hall–Kier alpha value is -0.590. The second-order valence-corrected chi connectivity index (χ2v) is 4.12. The molecular formula is C10H16N2O. The fourth-order valence-electron chi connectivity index (χ4n) is 2.26. The Bertz CT molecular complexity index is 209. The van der Waals surface area contributed by atoms with Gasteiger partial charge in [0.2, 0.25) is 0 Å². The summed E-state index contributed by atoms with van der Waals surface area (Å²) in [4.78, 5) is 0. The minimum absolute atomic E-state index is 0.366. The molecule has 1 saturated heterocycles. The summed E-state index contributed by atoms with van der Waals surface area (Å²) in [5, 5.41) is 12.5. The molecule has 1 N–H and O–H groups in total. The van der Waals surface area contributed by atoms with Gasteiger partial charge >= 0.3 is 0 Å². The second kappa shape index (κ2) is 3.65. The molecule has 0 aromatic carbocycles. The number of rotatable bonds is 2.